The van der Waals surface area contributed by atoms with Crippen LogP contribution in [0.2, 0.25) is 10.0 Å². The van der Waals surface area contributed by atoms with E-state index >= 15 is 0 Å². The van der Waals surface area contributed by atoms with Crippen molar-refractivity contribution in [3.63, 3.8) is 0 Å². The predicted molar refractivity (Wildman–Crippen MR) is 70.7 cm³/mol. The lowest BCUT2D eigenvalue weighted by atomic mass is 10.3. The van der Waals surface area contributed by atoms with E-state index in [9.17, 15) is 4.79 Å². The number of anilines is 1. The van der Waals surface area contributed by atoms with Crippen molar-refractivity contribution in [3.05, 3.63) is 28.2 Å². The molecule has 2 rings (SSSR count). The van der Waals surface area contributed by atoms with E-state index in [1.165, 1.54) is 0 Å². The molecule has 1 aromatic rings. The molecule has 3 nitrogen and oxygen atoms in total. The smallest absolute Gasteiger partial charge is 0.221 e. The van der Waals surface area contributed by atoms with Gasteiger partial charge in [-0.3, -0.25) is 4.79 Å². The van der Waals surface area contributed by atoms with Crippen molar-refractivity contribution in [2.24, 2.45) is 0 Å². The average Bonchev–Trinajstić information content (AvgIpc) is 3.00. The van der Waals surface area contributed by atoms with Crippen LogP contribution in [0.4, 0.5) is 5.69 Å². The zero-order valence-corrected chi connectivity index (χ0v) is 10.8. The highest BCUT2D eigenvalue weighted by atomic mass is 35.5. The third-order valence-corrected chi connectivity index (χ3v) is 2.92. The summed E-state index contributed by atoms with van der Waals surface area (Å²) >= 11 is 11.7. The Morgan fingerprint density at radius 3 is 2.47 bits per heavy atom. The number of rotatable bonds is 5. The van der Waals surface area contributed by atoms with Crippen LogP contribution in [0.3, 0.4) is 0 Å². The van der Waals surface area contributed by atoms with Crippen LogP contribution in [0, 0.1) is 0 Å². The van der Waals surface area contributed by atoms with Crippen molar-refractivity contribution >= 4 is 34.8 Å². The molecule has 2 N–H and O–H groups in total. The van der Waals surface area contributed by atoms with Crippen LogP contribution in [0.25, 0.3) is 0 Å². The van der Waals surface area contributed by atoms with Crippen molar-refractivity contribution in [1.29, 1.82) is 0 Å². The highest BCUT2D eigenvalue weighted by Gasteiger charge is 2.22. The maximum Gasteiger partial charge on any atom is 0.221 e. The molecule has 17 heavy (non-hydrogen) atoms. The average molecular weight is 273 g/mol. The van der Waals surface area contributed by atoms with Gasteiger partial charge in [0.25, 0.3) is 0 Å². The van der Waals surface area contributed by atoms with Crippen LogP contribution >= 0.6 is 23.2 Å². The van der Waals surface area contributed by atoms with Gasteiger partial charge in [0.2, 0.25) is 5.91 Å². The molecule has 0 spiro atoms. The van der Waals surface area contributed by atoms with Gasteiger partial charge in [0, 0.05) is 34.7 Å². The molecule has 0 atom stereocenters. The van der Waals surface area contributed by atoms with Gasteiger partial charge in [-0.25, -0.2) is 0 Å². The van der Waals surface area contributed by atoms with E-state index in [1.807, 2.05) is 0 Å². The SMILES string of the molecule is O=C(CCNc1cc(Cl)cc(Cl)c1)NC1CC1. The molecule has 0 heterocycles. The predicted octanol–water partition coefficient (Wildman–Crippen LogP) is 3.07. The van der Waals surface area contributed by atoms with E-state index in [1.54, 1.807) is 18.2 Å². The maximum absolute atomic E-state index is 11.4. The monoisotopic (exact) mass is 272 g/mol. The van der Waals surface area contributed by atoms with Crippen LogP contribution in [0.1, 0.15) is 19.3 Å². The zero-order valence-electron chi connectivity index (χ0n) is 9.30. The van der Waals surface area contributed by atoms with Gasteiger partial charge < -0.3 is 10.6 Å². The van der Waals surface area contributed by atoms with E-state index in [0.717, 1.165) is 18.5 Å². The molecule has 1 saturated carbocycles. The summed E-state index contributed by atoms with van der Waals surface area (Å²) < 4.78 is 0. The minimum atomic E-state index is 0.0909. The Morgan fingerprint density at radius 2 is 1.88 bits per heavy atom. The molecular formula is C12H14Cl2N2O. The molecule has 1 aromatic carbocycles. The second-order valence-corrected chi connectivity index (χ2v) is 5.05. The van der Waals surface area contributed by atoms with E-state index in [0.29, 0.717) is 29.1 Å². The van der Waals surface area contributed by atoms with Crippen molar-refractivity contribution in [3.8, 4) is 0 Å². The van der Waals surface area contributed by atoms with Gasteiger partial charge in [-0.1, -0.05) is 23.2 Å². The number of carbonyl (C=O) groups is 1. The number of nitrogens with one attached hydrogen (secondary N) is 2. The van der Waals surface area contributed by atoms with E-state index < -0.39 is 0 Å². The van der Waals surface area contributed by atoms with Gasteiger partial charge in [0.1, 0.15) is 0 Å². The summed E-state index contributed by atoms with van der Waals surface area (Å²) in [5.41, 5.74) is 0.835. The van der Waals surface area contributed by atoms with E-state index in [4.69, 9.17) is 23.2 Å². The summed E-state index contributed by atoms with van der Waals surface area (Å²) in [6.45, 7) is 0.579. The van der Waals surface area contributed by atoms with Gasteiger partial charge in [-0.15, -0.1) is 0 Å². The van der Waals surface area contributed by atoms with Gasteiger partial charge in [-0.2, -0.15) is 0 Å². The summed E-state index contributed by atoms with van der Waals surface area (Å²) in [7, 11) is 0. The Morgan fingerprint density at radius 1 is 1.24 bits per heavy atom. The zero-order chi connectivity index (χ0) is 12.3. The molecule has 0 aromatic heterocycles. The standard InChI is InChI=1S/C12H14Cl2N2O/c13-8-5-9(14)7-11(6-8)15-4-3-12(17)16-10-1-2-10/h5-7,10,15H,1-4H2,(H,16,17). The molecule has 0 aliphatic heterocycles. The number of hydrogen-bond donors (Lipinski definition) is 2. The number of halogens is 2. The summed E-state index contributed by atoms with van der Waals surface area (Å²) in [6, 6.07) is 5.66. The first-order chi connectivity index (χ1) is 8.13. The summed E-state index contributed by atoms with van der Waals surface area (Å²) in [5.74, 6) is 0.0909. The van der Waals surface area contributed by atoms with Gasteiger partial charge in [0.05, 0.1) is 0 Å². The second-order valence-electron chi connectivity index (χ2n) is 4.18. The van der Waals surface area contributed by atoms with E-state index in [-0.39, 0.29) is 5.91 Å². The Bertz CT molecular complexity index is 399. The van der Waals surface area contributed by atoms with Gasteiger partial charge >= 0.3 is 0 Å². The van der Waals surface area contributed by atoms with Crippen molar-refractivity contribution < 1.29 is 4.79 Å². The molecule has 0 unspecified atom stereocenters. The minimum Gasteiger partial charge on any atom is -0.384 e. The molecule has 5 heteroatoms. The highest BCUT2D eigenvalue weighted by molar-refractivity contribution is 6.35. The van der Waals surface area contributed by atoms with Crippen LogP contribution in [0.15, 0.2) is 18.2 Å². The molecule has 1 aliphatic carbocycles. The summed E-state index contributed by atoms with van der Waals surface area (Å²) in [6.07, 6.45) is 2.69. The molecule has 0 bridgehead atoms. The first-order valence-corrected chi connectivity index (χ1v) is 6.38. The number of hydrogen-bond acceptors (Lipinski definition) is 2. The summed E-state index contributed by atoms with van der Waals surface area (Å²) in [5, 5.41) is 7.22. The fourth-order valence-corrected chi connectivity index (χ4v) is 2.03. The Labute approximate surface area is 110 Å². The van der Waals surface area contributed by atoms with Crippen LogP contribution in [-0.2, 0) is 4.79 Å². The second kappa shape index (κ2) is 5.61. The third-order valence-electron chi connectivity index (χ3n) is 2.49. The van der Waals surface area contributed by atoms with Crippen molar-refractivity contribution in [2.45, 2.75) is 25.3 Å². The third kappa shape index (κ3) is 4.44. The van der Waals surface area contributed by atoms with Crippen LogP contribution in [0.5, 0.6) is 0 Å². The topological polar surface area (TPSA) is 41.1 Å². The van der Waals surface area contributed by atoms with Crippen molar-refractivity contribution in [1.82, 2.24) is 5.32 Å². The number of benzene rings is 1. The fourth-order valence-electron chi connectivity index (χ4n) is 1.50. The van der Waals surface area contributed by atoms with Crippen molar-refractivity contribution in [2.75, 3.05) is 11.9 Å². The highest BCUT2D eigenvalue weighted by Crippen LogP contribution is 2.22. The minimum absolute atomic E-state index is 0.0909. The van der Waals surface area contributed by atoms with Gasteiger partial charge in [-0.05, 0) is 31.0 Å². The van der Waals surface area contributed by atoms with Crippen LogP contribution < -0.4 is 10.6 Å². The molecule has 1 fully saturated rings. The molecular weight excluding hydrogens is 259 g/mol. The Balaban J connectivity index is 1.74. The maximum atomic E-state index is 11.4. The lowest BCUT2D eigenvalue weighted by Gasteiger charge is -2.07. The molecule has 1 amide bonds. The molecule has 1 aliphatic rings. The lowest BCUT2D eigenvalue weighted by molar-refractivity contribution is -0.120. The Hall–Kier alpha value is -0.930. The van der Waals surface area contributed by atoms with Gasteiger partial charge in [0.15, 0.2) is 0 Å². The fraction of sp³-hybridized carbons (Fsp3) is 0.417. The quantitative estimate of drug-likeness (QED) is 0.865. The first-order valence-electron chi connectivity index (χ1n) is 5.63. The number of amides is 1. The van der Waals surface area contributed by atoms with E-state index in [2.05, 4.69) is 10.6 Å². The Kier molecular flexibility index (Phi) is 4.13. The normalized spacial score (nSPS) is 14.5. The molecule has 0 saturated heterocycles. The number of carbonyl (C=O) groups excluding carboxylic acids is 1. The van der Waals surface area contributed by atoms with Crippen LogP contribution in [-0.4, -0.2) is 18.5 Å². The summed E-state index contributed by atoms with van der Waals surface area (Å²) in [4.78, 5) is 11.4. The first kappa shape index (κ1) is 12.5. The lowest BCUT2D eigenvalue weighted by Crippen LogP contribution is -2.27. The largest absolute Gasteiger partial charge is 0.384 e. The molecule has 0 radical (unpaired) electrons. The molecule has 92 valence electrons.